The lowest BCUT2D eigenvalue weighted by molar-refractivity contribution is -0.114. The molecule has 0 unspecified atom stereocenters. The molecule has 4 nitrogen and oxygen atoms in total. The topological polar surface area (TPSA) is 63.2 Å². The summed E-state index contributed by atoms with van der Waals surface area (Å²) in [5.74, 6) is -1.17. The third-order valence-corrected chi connectivity index (χ3v) is 3.76. The maximum atomic E-state index is 12.7. The van der Waals surface area contributed by atoms with Crippen LogP contribution < -0.4 is 4.72 Å². The maximum Gasteiger partial charge on any atom is 0.257 e. The maximum absolute atomic E-state index is 12.7. The Morgan fingerprint density at radius 1 is 0.913 bits per heavy atom. The second-order valence-electron chi connectivity index (χ2n) is 4.61. The Balaban J connectivity index is 1.98. The number of carbonyl (C=O) groups excluding carboxylic acids is 1. The van der Waals surface area contributed by atoms with Crippen LogP contribution in [0.25, 0.3) is 12.2 Å². The van der Waals surface area contributed by atoms with Crippen LogP contribution in [0.2, 0.25) is 0 Å². The van der Waals surface area contributed by atoms with E-state index in [-0.39, 0.29) is 5.82 Å². The lowest BCUT2D eigenvalue weighted by atomic mass is 10.2. The zero-order valence-electron chi connectivity index (χ0n) is 12.0. The molecule has 0 aliphatic carbocycles. The number of rotatable bonds is 5. The molecule has 2 aromatic rings. The molecule has 2 aromatic carbocycles. The minimum Gasteiger partial charge on any atom is -0.269 e. The fourth-order valence-electron chi connectivity index (χ4n) is 1.69. The summed E-state index contributed by atoms with van der Waals surface area (Å²) in [6.07, 6.45) is 3.85. The summed E-state index contributed by atoms with van der Waals surface area (Å²) in [6, 6.07) is 14.3. The predicted octanol–water partition coefficient (Wildman–Crippen LogP) is 2.96. The number of sulfonamides is 1. The highest BCUT2D eigenvalue weighted by Crippen LogP contribution is 2.05. The number of hydrogen-bond acceptors (Lipinski definition) is 3. The highest BCUT2D eigenvalue weighted by molar-refractivity contribution is 7.93. The molecule has 0 radical (unpaired) electrons. The van der Waals surface area contributed by atoms with E-state index in [1.54, 1.807) is 24.3 Å². The molecule has 1 N–H and O–H groups in total. The van der Waals surface area contributed by atoms with Gasteiger partial charge in [-0.3, -0.25) is 4.79 Å². The summed E-state index contributed by atoms with van der Waals surface area (Å²) >= 11 is 0. The van der Waals surface area contributed by atoms with E-state index in [2.05, 4.69) is 0 Å². The van der Waals surface area contributed by atoms with Crippen LogP contribution in [-0.4, -0.2) is 14.3 Å². The average Bonchev–Trinajstić information content (AvgIpc) is 2.53. The summed E-state index contributed by atoms with van der Waals surface area (Å²) < 4.78 is 38.2. The molecule has 0 heterocycles. The van der Waals surface area contributed by atoms with Crippen molar-refractivity contribution >= 4 is 28.1 Å². The Morgan fingerprint density at radius 2 is 1.52 bits per heavy atom. The molecule has 0 aliphatic heterocycles. The second kappa shape index (κ2) is 7.51. The van der Waals surface area contributed by atoms with Gasteiger partial charge in [-0.25, -0.2) is 17.5 Å². The van der Waals surface area contributed by atoms with Gasteiger partial charge < -0.3 is 0 Å². The second-order valence-corrected chi connectivity index (χ2v) is 6.18. The van der Waals surface area contributed by atoms with Crippen molar-refractivity contribution in [3.63, 3.8) is 0 Å². The number of halogens is 1. The molecule has 0 atom stereocenters. The normalized spacial score (nSPS) is 11.9. The molecule has 0 aromatic heterocycles. The van der Waals surface area contributed by atoms with E-state index in [1.807, 2.05) is 10.8 Å². The van der Waals surface area contributed by atoms with E-state index < -0.39 is 15.9 Å². The van der Waals surface area contributed by atoms with Gasteiger partial charge in [0.05, 0.1) is 5.41 Å². The highest BCUT2D eigenvalue weighted by atomic mass is 32.2. The Hall–Kier alpha value is -2.73. The van der Waals surface area contributed by atoms with Crippen molar-refractivity contribution < 1.29 is 17.6 Å². The number of carbonyl (C=O) groups is 1. The third kappa shape index (κ3) is 5.88. The van der Waals surface area contributed by atoms with Crippen molar-refractivity contribution in [3.8, 4) is 0 Å². The molecule has 0 aliphatic rings. The summed E-state index contributed by atoms with van der Waals surface area (Å²) in [4.78, 5) is 11.6. The van der Waals surface area contributed by atoms with Crippen LogP contribution in [0.4, 0.5) is 4.39 Å². The average molecular weight is 331 g/mol. The zero-order valence-corrected chi connectivity index (χ0v) is 12.8. The van der Waals surface area contributed by atoms with Crippen LogP contribution in [0.15, 0.2) is 66.1 Å². The van der Waals surface area contributed by atoms with E-state index in [1.165, 1.54) is 36.4 Å². The van der Waals surface area contributed by atoms with Crippen molar-refractivity contribution in [1.82, 2.24) is 4.72 Å². The highest BCUT2D eigenvalue weighted by Gasteiger charge is 2.08. The quantitative estimate of drug-likeness (QED) is 0.857. The lowest BCUT2D eigenvalue weighted by Crippen LogP contribution is -2.26. The predicted molar refractivity (Wildman–Crippen MR) is 88.0 cm³/mol. The van der Waals surface area contributed by atoms with Gasteiger partial charge in [0.25, 0.3) is 15.9 Å². The Bertz CT molecular complexity index is 826. The molecular weight excluding hydrogens is 317 g/mol. The van der Waals surface area contributed by atoms with Crippen LogP contribution >= 0.6 is 0 Å². The molecule has 0 bridgehead atoms. The number of benzene rings is 2. The van der Waals surface area contributed by atoms with Crippen molar-refractivity contribution in [2.75, 3.05) is 0 Å². The van der Waals surface area contributed by atoms with Crippen LogP contribution in [0, 0.1) is 5.82 Å². The van der Waals surface area contributed by atoms with Gasteiger partial charge in [-0.1, -0.05) is 42.5 Å². The SMILES string of the molecule is O=C(/C=C/c1ccc(F)cc1)NS(=O)(=O)/C=C/c1ccccc1. The smallest absolute Gasteiger partial charge is 0.257 e. The van der Waals surface area contributed by atoms with Gasteiger partial charge in [-0.05, 0) is 35.4 Å². The van der Waals surface area contributed by atoms with Gasteiger partial charge in [0.2, 0.25) is 0 Å². The zero-order chi connectivity index (χ0) is 16.7. The van der Waals surface area contributed by atoms with E-state index in [0.717, 1.165) is 11.5 Å². The van der Waals surface area contributed by atoms with Crippen LogP contribution in [0.1, 0.15) is 11.1 Å². The van der Waals surface area contributed by atoms with Gasteiger partial charge >= 0.3 is 0 Å². The minimum atomic E-state index is -3.88. The molecular formula is C17H14FNO3S. The monoisotopic (exact) mass is 331 g/mol. The molecule has 1 amide bonds. The first kappa shape index (κ1) is 16.6. The molecule has 2 rings (SSSR count). The molecule has 0 saturated carbocycles. The molecule has 0 saturated heterocycles. The Morgan fingerprint density at radius 3 is 2.17 bits per heavy atom. The largest absolute Gasteiger partial charge is 0.269 e. The first-order chi connectivity index (χ1) is 10.9. The van der Waals surface area contributed by atoms with Crippen molar-refractivity contribution in [1.29, 1.82) is 0 Å². The van der Waals surface area contributed by atoms with E-state index in [4.69, 9.17) is 0 Å². The summed E-state index contributed by atoms with van der Waals surface area (Å²) in [5, 5.41) is 0.923. The first-order valence-electron chi connectivity index (χ1n) is 6.68. The fourth-order valence-corrected chi connectivity index (χ4v) is 2.44. The molecule has 0 spiro atoms. The molecule has 0 fully saturated rings. The third-order valence-electron chi connectivity index (χ3n) is 2.78. The van der Waals surface area contributed by atoms with Gasteiger partial charge in [-0.15, -0.1) is 0 Å². The first-order valence-corrected chi connectivity index (χ1v) is 8.23. The molecule has 118 valence electrons. The van der Waals surface area contributed by atoms with E-state index >= 15 is 0 Å². The van der Waals surface area contributed by atoms with Crippen molar-refractivity contribution in [2.24, 2.45) is 0 Å². The number of nitrogens with one attached hydrogen (secondary N) is 1. The fraction of sp³-hybridized carbons (Fsp3) is 0. The number of hydrogen-bond donors (Lipinski definition) is 1. The standard InChI is InChI=1S/C17H14FNO3S/c18-16-9-6-15(7-10-16)8-11-17(20)19-23(21,22)13-12-14-4-2-1-3-5-14/h1-13H,(H,19,20)/b11-8+,13-12+. The Kier molecular flexibility index (Phi) is 5.43. The van der Waals surface area contributed by atoms with E-state index in [9.17, 15) is 17.6 Å². The lowest BCUT2D eigenvalue weighted by Gasteiger charge is -1.99. The van der Waals surface area contributed by atoms with Crippen LogP contribution in [0.5, 0.6) is 0 Å². The van der Waals surface area contributed by atoms with Crippen LogP contribution in [-0.2, 0) is 14.8 Å². The van der Waals surface area contributed by atoms with Gasteiger partial charge in [0, 0.05) is 6.08 Å². The van der Waals surface area contributed by atoms with Crippen molar-refractivity contribution in [3.05, 3.63) is 83.0 Å². The minimum absolute atomic E-state index is 0.389. The van der Waals surface area contributed by atoms with Gasteiger partial charge in [-0.2, -0.15) is 0 Å². The summed E-state index contributed by atoms with van der Waals surface area (Å²) in [5.41, 5.74) is 1.28. The Labute approximate surface area is 134 Å². The van der Waals surface area contributed by atoms with Gasteiger partial charge in [0.1, 0.15) is 5.82 Å². The van der Waals surface area contributed by atoms with Crippen LogP contribution in [0.3, 0.4) is 0 Å². The summed E-state index contributed by atoms with van der Waals surface area (Å²) in [6.45, 7) is 0. The van der Waals surface area contributed by atoms with E-state index in [0.29, 0.717) is 11.1 Å². The molecule has 23 heavy (non-hydrogen) atoms. The number of amides is 1. The van der Waals surface area contributed by atoms with Crippen molar-refractivity contribution in [2.45, 2.75) is 0 Å². The van der Waals surface area contributed by atoms with Gasteiger partial charge in [0.15, 0.2) is 0 Å². The molecule has 6 heteroatoms. The summed E-state index contributed by atoms with van der Waals surface area (Å²) in [7, 11) is -3.88.